The van der Waals surface area contributed by atoms with E-state index in [1.54, 1.807) is 12.1 Å². The van der Waals surface area contributed by atoms with Crippen LogP contribution < -0.4 is 10.1 Å². The minimum absolute atomic E-state index is 0.269. The minimum Gasteiger partial charge on any atom is -0.494 e. The molecule has 3 nitrogen and oxygen atoms in total. The van der Waals surface area contributed by atoms with Crippen LogP contribution in [0.5, 0.6) is 5.75 Å². The van der Waals surface area contributed by atoms with E-state index in [1.165, 1.54) is 26.4 Å². The molecule has 2 unspecified atom stereocenters. The van der Waals surface area contributed by atoms with Crippen molar-refractivity contribution < 1.29 is 9.13 Å². The Morgan fingerprint density at radius 3 is 2.86 bits per heavy atom. The molecule has 4 heteroatoms. The summed E-state index contributed by atoms with van der Waals surface area (Å²) in [6.45, 7) is 5.16. The molecule has 1 aromatic rings. The quantitative estimate of drug-likeness (QED) is 0.902. The Morgan fingerprint density at radius 2 is 2.19 bits per heavy atom. The summed E-state index contributed by atoms with van der Waals surface area (Å²) < 4.78 is 19.1. The maximum Gasteiger partial charge on any atom is 0.165 e. The maximum atomic E-state index is 14.1. The zero-order valence-electron chi connectivity index (χ0n) is 13.4. The summed E-state index contributed by atoms with van der Waals surface area (Å²) in [7, 11) is 3.65. The Bertz CT molecular complexity index is 452. The standard InChI is InChI=1S/C17H27FN2O/c1-4-19-12-14-7-5-6-10-20(2)17(14)13-8-9-16(21-3)15(18)11-13/h8-9,11,14,17,19H,4-7,10,12H2,1-3H3. The molecular formula is C17H27FN2O. The second-order valence-electron chi connectivity index (χ2n) is 5.88. The van der Waals surface area contributed by atoms with Gasteiger partial charge in [0, 0.05) is 6.04 Å². The van der Waals surface area contributed by atoms with Gasteiger partial charge in [-0.3, -0.25) is 4.90 Å². The second-order valence-corrected chi connectivity index (χ2v) is 5.88. The maximum absolute atomic E-state index is 14.1. The van der Waals surface area contributed by atoms with E-state index in [0.717, 1.165) is 25.2 Å². The summed E-state index contributed by atoms with van der Waals surface area (Å²) in [5.74, 6) is 0.568. The molecule has 0 radical (unpaired) electrons. The van der Waals surface area contributed by atoms with Crippen molar-refractivity contribution in [2.75, 3.05) is 33.8 Å². The molecule has 2 atom stereocenters. The lowest BCUT2D eigenvalue weighted by Gasteiger charge is -2.33. The van der Waals surface area contributed by atoms with Gasteiger partial charge >= 0.3 is 0 Å². The highest BCUT2D eigenvalue weighted by atomic mass is 19.1. The van der Waals surface area contributed by atoms with Gasteiger partial charge in [-0.05, 0) is 63.1 Å². The first-order valence-corrected chi connectivity index (χ1v) is 7.91. The van der Waals surface area contributed by atoms with Crippen LogP contribution in [0.2, 0.25) is 0 Å². The van der Waals surface area contributed by atoms with Crippen LogP contribution in [0.25, 0.3) is 0 Å². The highest BCUT2D eigenvalue weighted by Gasteiger charge is 2.29. The van der Waals surface area contributed by atoms with Crippen molar-refractivity contribution in [3.05, 3.63) is 29.6 Å². The average molecular weight is 294 g/mol. The van der Waals surface area contributed by atoms with Gasteiger partial charge in [0.25, 0.3) is 0 Å². The lowest BCUT2D eigenvalue weighted by molar-refractivity contribution is 0.189. The van der Waals surface area contributed by atoms with Crippen molar-refractivity contribution in [1.29, 1.82) is 0 Å². The summed E-state index contributed by atoms with van der Waals surface area (Å²) in [6, 6.07) is 5.66. The van der Waals surface area contributed by atoms with Crippen LogP contribution in [-0.4, -0.2) is 38.7 Å². The van der Waals surface area contributed by atoms with Crippen molar-refractivity contribution in [1.82, 2.24) is 10.2 Å². The van der Waals surface area contributed by atoms with Crippen molar-refractivity contribution in [3.8, 4) is 5.75 Å². The molecule has 1 heterocycles. The summed E-state index contributed by atoms with van der Waals surface area (Å²) in [5.41, 5.74) is 1.06. The average Bonchev–Trinajstić information content (AvgIpc) is 2.66. The van der Waals surface area contributed by atoms with Crippen LogP contribution in [0.3, 0.4) is 0 Å². The van der Waals surface area contributed by atoms with Gasteiger partial charge in [-0.2, -0.15) is 0 Å². The molecule has 0 amide bonds. The normalized spacial score (nSPS) is 23.8. The Labute approximate surface area is 127 Å². The largest absolute Gasteiger partial charge is 0.494 e. The van der Waals surface area contributed by atoms with Crippen LogP contribution >= 0.6 is 0 Å². The molecule has 1 aliphatic rings. The molecule has 118 valence electrons. The molecule has 0 spiro atoms. The summed E-state index contributed by atoms with van der Waals surface area (Å²) in [4.78, 5) is 2.37. The Kier molecular flexibility index (Phi) is 6.00. The van der Waals surface area contributed by atoms with Crippen molar-refractivity contribution in [2.24, 2.45) is 5.92 Å². The monoisotopic (exact) mass is 294 g/mol. The highest BCUT2D eigenvalue weighted by molar-refractivity contribution is 5.31. The fourth-order valence-electron chi connectivity index (χ4n) is 3.36. The van der Waals surface area contributed by atoms with Gasteiger partial charge in [-0.25, -0.2) is 4.39 Å². The molecule has 2 rings (SSSR count). The third-order valence-electron chi connectivity index (χ3n) is 4.43. The molecule has 0 saturated carbocycles. The van der Waals surface area contributed by atoms with E-state index in [-0.39, 0.29) is 11.9 Å². The topological polar surface area (TPSA) is 24.5 Å². The third-order valence-corrected chi connectivity index (χ3v) is 4.43. The van der Waals surface area contributed by atoms with Crippen molar-refractivity contribution in [2.45, 2.75) is 32.2 Å². The van der Waals surface area contributed by atoms with Crippen LogP contribution in [0.4, 0.5) is 4.39 Å². The van der Waals surface area contributed by atoms with Gasteiger partial charge in [-0.1, -0.05) is 19.4 Å². The van der Waals surface area contributed by atoms with E-state index in [9.17, 15) is 4.39 Å². The molecule has 1 saturated heterocycles. The molecule has 0 bridgehead atoms. The summed E-state index contributed by atoms with van der Waals surface area (Å²) in [6.07, 6.45) is 3.65. The van der Waals surface area contributed by atoms with E-state index in [2.05, 4.69) is 24.2 Å². The molecule has 1 aliphatic heterocycles. The highest BCUT2D eigenvalue weighted by Crippen LogP contribution is 2.35. The first-order chi connectivity index (χ1) is 10.2. The fraction of sp³-hybridized carbons (Fsp3) is 0.647. The molecule has 1 aromatic carbocycles. The number of hydrogen-bond donors (Lipinski definition) is 1. The number of halogens is 1. The number of benzene rings is 1. The molecule has 21 heavy (non-hydrogen) atoms. The number of nitrogens with one attached hydrogen (secondary N) is 1. The number of rotatable bonds is 5. The Balaban J connectivity index is 2.27. The van der Waals surface area contributed by atoms with Gasteiger partial charge in [0.2, 0.25) is 0 Å². The first-order valence-electron chi connectivity index (χ1n) is 7.91. The van der Waals surface area contributed by atoms with Gasteiger partial charge < -0.3 is 10.1 Å². The molecular weight excluding hydrogens is 267 g/mol. The zero-order valence-corrected chi connectivity index (χ0v) is 13.4. The van der Waals surface area contributed by atoms with Crippen LogP contribution in [-0.2, 0) is 0 Å². The predicted octanol–water partition coefficient (Wildman–Crippen LogP) is 3.22. The van der Waals surface area contributed by atoms with Crippen molar-refractivity contribution >= 4 is 0 Å². The lowest BCUT2D eigenvalue weighted by atomic mass is 9.89. The summed E-state index contributed by atoms with van der Waals surface area (Å²) >= 11 is 0. The van der Waals surface area contributed by atoms with Crippen molar-refractivity contribution in [3.63, 3.8) is 0 Å². The lowest BCUT2D eigenvalue weighted by Crippen LogP contribution is -2.35. The third kappa shape index (κ3) is 3.95. The number of nitrogens with zero attached hydrogens (tertiary/aromatic N) is 1. The Hall–Kier alpha value is -1.13. The number of ether oxygens (including phenoxy) is 1. The zero-order chi connectivity index (χ0) is 15.2. The van der Waals surface area contributed by atoms with Gasteiger partial charge in [-0.15, -0.1) is 0 Å². The number of methoxy groups -OCH3 is 1. The van der Waals surface area contributed by atoms with E-state index >= 15 is 0 Å². The fourth-order valence-corrected chi connectivity index (χ4v) is 3.36. The molecule has 1 N–H and O–H groups in total. The molecule has 1 fully saturated rings. The predicted molar refractivity (Wildman–Crippen MR) is 84.2 cm³/mol. The van der Waals surface area contributed by atoms with Gasteiger partial charge in [0.05, 0.1) is 7.11 Å². The van der Waals surface area contributed by atoms with E-state index < -0.39 is 0 Å². The van der Waals surface area contributed by atoms with E-state index in [0.29, 0.717) is 11.7 Å². The van der Waals surface area contributed by atoms with Crippen LogP contribution in [0, 0.1) is 11.7 Å². The summed E-state index contributed by atoms with van der Waals surface area (Å²) in [5, 5.41) is 3.46. The smallest absolute Gasteiger partial charge is 0.165 e. The van der Waals surface area contributed by atoms with Crippen LogP contribution in [0.1, 0.15) is 37.8 Å². The minimum atomic E-state index is -0.269. The number of hydrogen-bond acceptors (Lipinski definition) is 3. The molecule has 0 aliphatic carbocycles. The van der Waals surface area contributed by atoms with E-state index in [4.69, 9.17) is 4.74 Å². The second kappa shape index (κ2) is 7.76. The van der Waals surface area contributed by atoms with Crippen LogP contribution in [0.15, 0.2) is 18.2 Å². The Morgan fingerprint density at radius 1 is 1.38 bits per heavy atom. The van der Waals surface area contributed by atoms with Gasteiger partial charge in [0.1, 0.15) is 0 Å². The molecule has 0 aromatic heterocycles. The SMILES string of the molecule is CCNCC1CCCCN(C)C1c1ccc(OC)c(F)c1. The van der Waals surface area contributed by atoms with Gasteiger partial charge in [0.15, 0.2) is 11.6 Å². The first kappa shape index (κ1) is 16.2. The number of likely N-dealkylation sites (tertiary alicyclic amines) is 1. The van der Waals surface area contributed by atoms with E-state index in [1.807, 2.05) is 6.07 Å².